The molecule has 4 nitrogen and oxygen atoms in total. The van der Waals surface area contributed by atoms with Gasteiger partial charge in [0.25, 0.3) is 5.91 Å². The van der Waals surface area contributed by atoms with Gasteiger partial charge in [0.15, 0.2) is 0 Å². The fourth-order valence-corrected chi connectivity index (χ4v) is 3.05. The summed E-state index contributed by atoms with van der Waals surface area (Å²) < 4.78 is 0. The Hall–Kier alpha value is -2.82. The highest BCUT2D eigenvalue weighted by molar-refractivity contribution is 6.32. The highest BCUT2D eigenvalue weighted by Gasteiger charge is 2.23. The fourth-order valence-electron chi connectivity index (χ4n) is 2.87. The first-order valence-corrected chi connectivity index (χ1v) is 8.97. The quantitative estimate of drug-likeness (QED) is 0.664. The van der Waals surface area contributed by atoms with Crippen LogP contribution in [0.25, 0.3) is 0 Å². The first kappa shape index (κ1) is 19.0. The van der Waals surface area contributed by atoms with E-state index in [1.165, 1.54) is 17.0 Å². The Balaban J connectivity index is 1.89. The summed E-state index contributed by atoms with van der Waals surface area (Å²) in [6.45, 7) is 0.388. The number of aliphatic hydroxyl groups is 1. The van der Waals surface area contributed by atoms with Crippen LogP contribution in [0.1, 0.15) is 27.6 Å². The van der Waals surface area contributed by atoms with Crippen LogP contribution in [0, 0.1) is 0 Å². The second-order valence-electron chi connectivity index (χ2n) is 6.23. The van der Waals surface area contributed by atoms with Crippen molar-refractivity contribution >= 4 is 17.5 Å². The summed E-state index contributed by atoms with van der Waals surface area (Å²) in [6, 6.07) is 23.3. The first-order chi connectivity index (χ1) is 13.1. The number of aliphatic hydroxyl groups excluding tert-OH is 1. The van der Waals surface area contributed by atoms with E-state index in [9.17, 15) is 15.0 Å². The maximum Gasteiger partial charge on any atom is 0.258 e. The number of carbonyl (C=O) groups excluding carboxylic acids is 1. The molecule has 0 heterocycles. The highest BCUT2D eigenvalue weighted by atomic mass is 35.5. The van der Waals surface area contributed by atoms with Crippen LogP contribution in [0.4, 0.5) is 0 Å². The zero-order valence-corrected chi connectivity index (χ0v) is 15.4. The molecule has 3 aromatic rings. The van der Waals surface area contributed by atoms with Gasteiger partial charge in [-0.25, -0.2) is 0 Å². The number of hydrogen-bond donors (Lipinski definition) is 2. The average molecular weight is 382 g/mol. The molecule has 0 aliphatic rings. The lowest BCUT2D eigenvalue weighted by molar-refractivity contribution is 0.0601. The third-order valence-electron chi connectivity index (χ3n) is 4.30. The van der Waals surface area contributed by atoms with Gasteiger partial charge in [-0.15, -0.1) is 0 Å². The highest BCUT2D eigenvalue weighted by Crippen LogP contribution is 2.29. The van der Waals surface area contributed by atoms with Gasteiger partial charge in [0, 0.05) is 6.54 Å². The summed E-state index contributed by atoms with van der Waals surface area (Å²) in [6.07, 6.45) is -0.847. The van der Waals surface area contributed by atoms with Crippen molar-refractivity contribution in [2.45, 2.75) is 12.6 Å². The van der Waals surface area contributed by atoms with Gasteiger partial charge in [-0.1, -0.05) is 78.3 Å². The molecule has 0 bridgehead atoms. The van der Waals surface area contributed by atoms with Gasteiger partial charge < -0.3 is 15.1 Å². The van der Waals surface area contributed by atoms with Gasteiger partial charge in [0.2, 0.25) is 0 Å². The Morgan fingerprint density at radius 2 is 1.56 bits per heavy atom. The van der Waals surface area contributed by atoms with E-state index in [1.807, 2.05) is 60.7 Å². The van der Waals surface area contributed by atoms with Gasteiger partial charge in [-0.2, -0.15) is 0 Å². The van der Waals surface area contributed by atoms with Crippen molar-refractivity contribution in [1.82, 2.24) is 4.90 Å². The smallest absolute Gasteiger partial charge is 0.258 e. The van der Waals surface area contributed by atoms with E-state index >= 15 is 0 Å². The number of rotatable bonds is 6. The van der Waals surface area contributed by atoms with Gasteiger partial charge >= 0.3 is 0 Å². The summed E-state index contributed by atoms with van der Waals surface area (Å²) in [7, 11) is 0. The van der Waals surface area contributed by atoms with E-state index in [-0.39, 0.29) is 22.9 Å². The molecule has 3 aromatic carbocycles. The number of halogens is 1. The molecule has 2 N–H and O–H groups in total. The lowest BCUT2D eigenvalue weighted by Crippen LogP contribution is -2.34. The molecule has 0 saturated carbocycles. The SMILES string of the molecule is O=C(c1cccc(Cl)c1O)N(Cc1ccccc1)CC(O)c1ccccc1. The van der Waals surface area contributed by atoms with Crippen LogP contribution in [0.15, 0.2) is 78.9 Å². The topological polar surface area (TPSA) is 60.8 Å². The third-order valence-corrected chi connectivity index (χ3v) is 4.60. The third kappa shape index (κ3) is 4.67. The molecule has 0 aliphatic heterocycles. The van der Waals surface area contributed by atoms with E-state index in [1.54, 1.807) is 6.07 Å². The summed E-state index contributed by atoms with van der Waals surface area (Å²) >= 11 is 5.95. The van der Waals surface area contributed by atoms with E-state index in [4.69, 9.17) is 11.6 Å². The monoisotopic (exact) mass is 381 g/mol. The normalized spacial score (nSPS) is 11.8. The Bertz CT molecular complexity index is 900. The molecule has 138 valence electrons. The minimum Gasteiger partial charge on any atom is -0.506 e. The number of para-hydroxylation sites is 1. The van der Waals surface area contributed by atoms with Gasteiger partial charge in [-0.3, -0.25) is 4.79 Å². The zero-order valence-electron chi connectivity index (χ0n) is 14.6. The van der Waals surface area contributed by atoms with Crippen LogP contribution in [-0.2, 0) is 6.54 Å². The molecular weight excluding hydrogens is 362 g/mol. The van der Waals surface area contributed by atoms with Crippen molar-refractivity contribution in [2.75, 3.05) is 6.54 Å². The van der Waals surface area contributed by atoms with Crippen molar-refractivity contribution < 1.29 is 15.0 Å². The summed E-state index contributed by atoms with van der Waals surface area (Å²) in [5, 5.41) is 20.9. The standard InChI is InChI=1S/C22H20ClNO3/c23-19-13-7-12-18(21(19)26)22(27)24(14-16-8-3-1-4-9-16)15-20(25)17-10-5-2-6-11-17/h1-13,20,25-26H,14-15H2. The van der Waals surface area contributed by atoms with E-state index in [0.717, 1.165) is 11.1 Å². The predicted molar refractivity (Wildman–Crippen MR) is 106 cm³/mol. The summed E-state index contributed by atoms with van der Waals surface area (Å²) in [5.41, 5.74) is 1.75. The molecule has 3 rings (SSSR count). The van der Waals surface area contributed by atoms with Crippen LogP contribution in [0.5, 0.6) is 5.75 Å². The van der Waals surface area contributed by atoms with Crippen molar-refractivity contribution in [1.29, 1.82) is 0 Å². The van der Waals surface area contributed by atoms with Gasteiger partial charge in [0.05, 0.1) is 23.2 Å². The first-order valence-electron chi connectivity index (χ1n) is 8.60. The van der Waals surface area contributed by atoms with Gasteiger partial charge in [-0.05, 0) is 23.3 Å². The van der Waals surface area contributed by atoms with E-state index in [0.29, 0.717) is 6.54 Å². The van der Waals surface area contributed by atoms with Crippen molar-refractivity contribution in [3.8, 4) is 5.75 Å². The molecule has 1 atom stereocenters. The number of hydrogen-bond acceptors (Lipinski definition) is 3. The van der Waals surface area contributed by atoms with Crippen molar-refractivity contribution in [2.24, 2.45) is 0 Å². The number of benzene rings is 3. The molecule has 1 unspecified atom stereocenters. The molecule has 27 heavy (non-hydrogen) atoms. The number of nitrogens with zero attached hydrogens (tertiary/aromatic N) is 1. The largest absolute Gasteiger partial charge is 0.506 e. The molecule has 1 amide bonds. The van der Waals surface area contributed by atoms with Crippen LogP contribution >= 0.6 is 11.6 Å². The number of phenols is 1. The molecule has 0 radical (unpaired) electrons. The van der Waals surface area contributed by atoms with E-state index in [2.05, 4.69) is 0 Å². The zero-order chi connectivity index (χ0) is 19.2. The number of amides is 1. The van der Waals surface area contributed by atoms with Crippen LogP contribution < -0.4 is 0 Å². The van der Waals surface area contributed by atoms with Crippen LogP contribution in [0.3, 0.4) is 0 Å². The number of aromatic hydroxyl groups is 1. The number of carbonyl (C=O) groups is 1. The van der Waals surface area contributed by atoms with E-state index < -0.39 is 12.0 Å². The minimum absolute atomic E-state index is 0.0870. The molecular formula is C22H20ClNO3. The Morgan fingerprint density at radius 3 is 2.22 bits per heavy atom. The van der Waals surface area contributed by atoms with Crippen molar-refractivity contribution in [3.63, 3.8) is 0 Å². The second-order valence-corrected chi connectivity index (χ2v) is 6.64. The fraction of sp³-hybridized carbons (Fsp3) is 0.136. The molecule has 0 spiro atoms. The Labute approximate surface area is 163 Å². The summed E-state index contributed by atoms with van der Waals surface area (Å²) in [4.78, 5) is 14.6. The van der Waals surface area contributed by atoms with Crippen LogP contribution in [0.2, 0.25) is 5.02 Å². The maximum absolute atomic E-state index is 13.1. The molecule has 0 aliphatic carbocycles. The predicted octanol–water partition coefficient (Wildman–Crippen LogP) is 4.42. The van der Waals surface area contributed by atoms with Gasteiger partial charge in [0.1, 0.15) is 5.75 Å². The van der Waals surface area contributed by atoms with Crippen molar-refractivity contribution in [3.05, 3.63) is 101 Å². The number of phenolic OH excluding ortho intramolecular Hbond substituents is 1. The maximum atomic E-state index is 13.1. The Morgan fingerprint density at radius 1 is 0.926 bits per heavy atom. The lowest BCUT2D eigenvalue weighted by Gasteiger charge is -2.26. The molecule has 0 fully saturated rings. The molecule has 0 saturated heterocycles. The minimum atomic E-state index is -0.847. The second kappa shape index (κ2) is 8.71. The Kier molecular flexibility index (Phi) is 6.12. The lowest BCUT2D eigenvalue weighted by atomic mass is 10.1. The molecule has 5 heteroatoms. The summed E-state index contributed by atoms with van der Waals surface area (Å²) in [5.74, 6) is -0.648. The average Bonchev–Trinajstić information content (AvgIpc) is 2.70. The van der Waals surface area contributed by atoms with Crippen LogP contribution in [-0.4, -0.2) is 27.6 Å². The molecule has 0 aromatic heterocycles.